The van der Waals surface area contributed by atoms with Gasteiger partial charge in [-0.05, 0) is 48.9 Å². The summed E-state index contributed by atoms with van der Waals surface area (Å²) in [5.74, 6) is 0.164. The van der Waals surface area contributed by atoms with Crippen LogP contribution in [-0.4, -0.2) is 34.6 Å². The van der Waals surface area contributed by atoms with E-state index in [4.69, 9.17) is 9.47 Å². The van der Waals surface area contributed by atoms with Gasteiger partial charge in [-0.25, -0.2) is 8.42 Å². The smallest absolute Gasteiger partial charge is 0.261 e. The molecule has 2 N–H and O–H groups in total. The van der Waals surface area contributed by atoms with Gasteiger partial charge in [0.15, 0.2) is 0 Å². The fourth-order valence-electron chi connectivity index (χ4n) is 3.03. The third kappa shape index (κ3) is 6.09. The summed E-state index contributed by atoms with van der Waals surface area (Å²) < 4.78 is 38.7. The van der Waals surface area contributed by atoms with Crippen molar-refractivity contribution in [1.29, 1.82) is 0 Å². The zero-order valence-corrected chi connectivity index (χ0v) is 18.8. The first-order valence-corrected chi connectivity index (χ1v) is 11.6. The Morgan fingerprint density at radius 3 is 2.25 bits per heavy atom. The highest BCUT2D eigenvalue weighted by Crippen LogP contribution is 2.23. The number of para-hydroxylation sites is 1. The number of rotatable bonds is 10. The van der Waals surface area contributed by atoms with Gasteiger partial charge < -0.3 is 14.8 Å². The minimum atomic E-state index is -3.90. The Bertz CT molecular complexity index is 1130. The lowest BCUT2D eigenvalue weighted by atomic mass is 10.1. The maximum absolute atomic E-state index is 12.9. The Kier molecular flexibility index (Phi) is 7.86. The second kappa shape index (κ2) is 10.8. The van der Waals surface area contributed by atoms with Crippen molar-refractivity contribution in [3.63, 3.8) is 0 Å². The molecule has 3 aromatic rings. The predicted molar refractivity (Wildman–Crippen MR) is 123 cm³/mol. The van der Waals surface area contributed by atoms with Gasteiger partial charge in [-0.2, -0.15) is 0 Å². The van der Waals surface area contributed by atoms with E-state index in [1.54, 1.807) is 43.5 Å². The van der Waals surface area contributed by atoms with Crippen LogP contribution >= 0.6 is 0 Å². The maximum atomic E-state index is 12.9. The number of methoxy groups -OCH3 is 1. The lowest BCUT2D eigenvalue weighted by molar-refractivity contribution is 0.0941. The van der Waals surface area contributed by atoms with Gasteiger partial charge in [0.1, 0.15) is 12.4 Å². The average molecular weight is 455 g/mol. The Hall–Kier alpha value is -3.36. The molecule has 7 nitrogen and oxygen atoms in total. The molecule has 1 atom stereocenters. The van der Waals surface area contributed by atoms with Gasteiger partial charge in [-0.1, -0.05) is 42.5 Å². The Balaban J connectivity index is 1.74. The van der Waals surface area contributed by atoms with E-state index in [2.05, 4.69) is 10.0 Å². The third-order valence-corrected chi connectivity index (χ3v) is 6.13. The molecule has 0 bridgehead atoms. The minimum Gasteiger partial charge on any atom is -0.491 e. The summed E-state index contributed by atoms with van der Waals surface area (Å²) in [5.41, 5.74) is 1.38. The molecule has 168 valence electrons. The maximum Gasteiger partial charge on any atom is 0.261 e. The van der Waals surface area contributed by atoms with E-state index >= 15 is 0 Å². The molecule has 0 aliphatic heterocycles. The van der Waals surface area contributed by atoms with Crippen molar-refractivity contribution in [3.05, 3.63) is 90.0 Å². The van der Waals surface area contributed by atoms with E-state index in [1.807, 2.05) is 37.3 Å². The van der Waals surface area contributed by atoms with Crippen LogP contribution in [0.25, 0.3) is 0 Å². The molecule has 0 saturated heterocycles. The first-order chi connectivity index (χ1) is 15.4. The van der Waals surface area contributed by atoms with Crippen molar-refractivity contribution in [1.82, 2.24) is 5.32 Å². The normalized spacial score (nSPS) is 12.1. The van der Waals surface area contributed by atoms with Gasteiger partial charge in [0.2, 0.25) is 0 Å². The van der Waals surface area contributed by atoms with Gasteiger partial charge in [-0.3, -0.25) is 9.52 Å². The molecular weight excluding hydrogens is 428 g/mol. The summed E-state index contributed by atoms with van der Waals surface area (Å²) in [6.45, 7) is 2.67. The van der Waals surface area contributed by atoms with Crippen LogP contribution in [0.2, 0.25) is 0 Å². The van der Waals surface area contributed by atoms with Crippen LogP contribution in [0.5, 0.6) is 5.75 Å². The third-order valence-electron chi connectivity index (χ3n) is 4.75. The largest absolute Gasteiger partial charge is 0.491 e. The SMILES string of the molecule is COCCOc1ccc(S(=O)(=O)Nc2ccccc2C(=O)NC(C)c2ccccc2)cc1. The van der Waals surface area contributed by atoms with Crippen molar-refractivity contribution in [2.45, 2.75) is 17.9 Å². The van der Waals surface area contributed by atoms with Gasteiger partial charge >= 0.3 is 0 Å². The summed E-state index contributed by atoms with van der Waals surface area (Å²) in [5, 5.41) is 2.91. The molecule has 0 fully saturated rings. The molecule has 0 spiro atoms. The molecule has 0 saturated carbocycles. The number of sulfonamides is 1. The molecule has 0 heterocycles. The number of nitrogens with one attached hydrogen (secondary N) is 2. The number of hydrogen-bond acceptors (Lipinski definition) is 5. The van der Waals surface area contributed by atoms with Crippen molar-refractivity contribution >= 4 is 21.6 Å². The van der Waals surface area contributed by atoms with Gasteiger partial charge in [0.05, 0.1) is 28.8 Å². The Morgan fingerprint density at radius 1 is 0.906 bits per heavy atom. The summed E-state index contributed by atoms with van der Waals surface area (Å²) >= 11 is 0. The molecular formula is C24H26N2O5S. The van der Waals surface area contributed by atoms with Crippen molar-refractivity contribution in [2.24, 2.45) is 0 Å². The number of amides is 1. The highest BCUT2D eigenvalue weighted by Gasteiger charge is 2.20. The van der Waals surface area contributed by atoms with E-state index in [-0.39, 0.29) is 28.1 Å². The molecule has 3 rings (SSSR count). The second-order valence-electron chi connectivity index (χ2n) is 7.07. The quantitative estimate of drug-likeness (QED) is 0.452. The van der Waals surface area contributed by atoms with Crippen molar-refractivity contribution in [3.8, 4) is 5.75 Å². The first-order valence-electron chi connectivity index (χ1n) is 10.1. The summed E-state index contributed by atoms with van der Waals surface area (Å²) in [7, 11) is -2.33. The highest BCUT2D eigenvalue weighted by atomic mass is 32.2. The van der Waals surface area contributed by atoms with Gasteiger partial charge in [0.25, 0.3) is 15.9 Å². The van der Waals surface area contributed by atoms with E-state index in [0.29, 0.717) is 19.0 Å². The zero-order valence-electron chi connectivity index (χ0n) is 17.9. The molecule has 8 heteroatoms. The molecule has 0 aliphatic rings. The number of carbonyl (C=O) groups is 1. The van der Waals surface area contributed by atoms with Gasteiger partial charge in [-0.15, -0.1) is 0 Å². The lowest BCUT2D eigenvalue weighted by Crippen LogP contribution is -2.28. The molecule has 1 unspecified atom stereocenters. The van der Waals surface area contributed by atoms with E-state index < -0.39 is 10.0 Å². The molecule has 0 aliphatic carbocycles. The van der Waals surface area contributed by atoms with E-state index in [0.717, 1.165) is 5.56 Å². The zero-order chi connectivity index (χ0) is 23.0. The lowest BCUT2D eigenvalue weighted by Gasteiger charge is -2.17. The van der Waals surface area contributed by atoms with Crippen molar-refractivity contribution < 1.29 is 22.7 Å². The van der Waals surface area contributed by atoms with Crippen LogP contribution < -0.4 is 14.8 Å². The van der Waals surface area contributed by atoms with E-state index in [9.17, 15) is 13.2 Å². The topological polar surface area (TPSA) is 93.7 Å². The van der Waals surface area contributed by atoms with Gasteiger partial charge in [0, 0.05) is 7.11 Å². The number of carbonyl (C=O) groups excluding carboxylic acids is 1. The van der Waals surface area contributed by atoms with Crippen LogP contribution in [0.15, 0.2) is 83.8 Å². The van der Waals surface area contributed by atoms with Crippen LogP contribution in [0, 0.1) is 0 Å². The fraction of sp³-hybridized carbons (Fsp3) is 0.208. The number of ether oxygens (including phenoxy) is 2. The minimum absolute atomic E-state index is 0.0597. The molecule has 0 aromatic heterocycles. The second-order valence-corrected chi connectivity index (χ2v) is 8.75. The standard InChI is InChI=1S/C24H26N2O5S/c1-18(19-8-4-3-5-9-19)25-24(27)22-10-6-7-11-23(22)26-32(28,29)21-14-12-20(13-15-21)31-17-16-30-2/h3-15,18,26H,16-17H2,1-2H3,(H,25,27). The predicted octanol–water partition coefficient (Wildman–Crippen LogP) is 4.00. The number of anilines is 1. The Morgan fingerprint density at radius 2 is 1.56 bits per heavy atom. The van der Waals surface area contributed by atoms with Crippen LogP contribution in [0.4, 0.5) is 5.69 Å². The molecule has 32 heavy (non-hydrogen) atoms. The summed E-state index contributed by atoms with van der Waals surface area (Å²) in [6, 6.07) is 21.8. The monoisotopic (exact) mass is 454 g/mol. The molecule has 1 amide bonds. The Labute approximate surface area is 188 Å². The molecule has 3 aromatic carbocycles. The van der Waals surface area contributed by atoms with Crippen LogP contribution in [0.3, 0.4) is 0 Å². The summed E-state index contributed by atoms with van der Waals surface area (Å²) in [6.07, 6.45) is 0. The fourth-order valence-corrected chi connectivity index (χ4v) is 4.11. The van der Waals surface area contributed by atoms with Crippen LogP contribution in [0.1, 0.15) is 28.9 Å². The molecule has 0 radical (unpaired) electrons. The van der Waals surface area contributed by atoms with Crippen molar-refractivity contribution in [2.75, 3.05) is 25.0 Å². The van der Waals surface area contributed by atoms with E-state index in [1.165, 1.54) is 12.1 Å². The highest BCUT2D eigenvalue weighted by molar-refractivity contribution is 7.92. The average Bonchev–Trinajstić information content (AvgIpc) is 2.80. The van der Waals surface area contributed by atoms with Crippen LogP contribution in [-0.2, 0) is 14.8 Å². The first kappa shape index (κ1) is 23.3. The number of benzene rings is 3. The number of hydrogen-bond donors (Lipinski definition) is 2. The summed E-state index contributed by atoms with van der Waals surface area (Å²) in [4.78, 5) is 12.9.